The number of aryl methyl sites for hydroxylation is 2. The van der Waals surface area contributed by atoms with Gasteiger partial charge in [0, 0.05) is 11.1 Å². The lowest BCUT2D eigenvalue weighted by molar-refractivity contribution is 0.00126. The van der Waals surface area contributed by atoms with Gasteiger partial charge in [-0.3, -0.25) is 0 Å². The predicted octanol–water partition coefficient (Wildman–Crippen LogP) is 4.63. The van der Waals surface area contributed by atoms with Gasteiger partial charge >= 0.3 is 0 Å². The van der Waals surface area contributed by atoms with Crippen molar-refractivity contribution in [1.29, 1.82) is 0 Å². The Hall–Kier alpha value is -3.32. The summed E-state index contributed by atoms with van der Waals surface area (Å²) >= 11 is 0. The van der Waals surface area contributed by atoms with E-state index in [1.54, 1.807) is 18.5 Å². The molecule has 0 spiro atoms. The third-order valence-corrected chi connectivity index (χ3v) is 5.38. The standard InChI is InChI=1S/C22H19FN4O2/c1-13-7-8-15(9-14(13)2)21-25-22(29-26-21)20-18-11-28-19(10-27(18)12-24-20)16-5-3-4-6-17(16)23/h3-9,12,19H,10-11H2,1-2H3/t19-/m0/s1. The molecule has 0 aliphatic carbocycles. The molecule has 0 saturated heterocycles. The lowest BCUT2D eigenvalue weighted by Crippen LogP contribution is -2.21. The van der Waals surface area contributed by atoms with Crippen LogP contribution in [0.25, 0.3) is 23.0 Å². The summed E-state index contributed by atoms with van der Waals surface area (Å²) in [6, 6.07) is 12.7. The molecule has 0 radical (unpaired) electrons. The second kappa shape index (κ2) is 6.93. The molecule has 5 rings (SSSR count). The second-order valence-electron chi connectivity index (χ2n) is 7.24. The summed E-state index contributed by atoms with van der Waals surface area (Å²) in [7, 11) is 0. The highest BCUT2D eigenvalue weighted by Crippen LogP contribution is 2.32. The molecule has 4 aromatic rings. The maximum Gasteiger partial charge on any atom is 0.278 e. The van der Waals surface area contributed by atoms with Crippen LogP contribution in [0.3, 0.4) is 0 Å². The Labute approximate surface area is 167 Å². The number of rotatable bonds is 3. The van der Waals surface area contributed by atoms with E-state index in [1.807, 2.05) is 28.8 Å². The van der Waals surface area contributed by atoms with E-state index in [1.165, 1.54) is 17.2 Å². The van der Waals surface area contributed by atoms with Gasteiger partial charge < -0.3 is 13.8 Å². The van der Waals surface area contributed by atoms with Crippen LogP contribution in [-0.2, 0) is 17.9 Å². The van der Waals surface area contributed by atoms with Gasteiger partial charge in [0.05, 0.1) is 25.2 Å². The third kappa shape index (κ3) is 3.13. The van der Waals surface area contributed by atoms with E-state index in [2.05, 4.69) is 29.0 Å². The van der Waals surface area contributed by atoms with Crippen LogP contribution in [0.2, 0.25) is 0 Å². The molecule has 1 aliphatic rings. The van der Waals surface area contributed by atoms with Gasteiger partial charge in [0.15, 0.2) is 5.69 Å². The first-order valence-corrected chi connectivity index (χ1v) is 9.42. The summed E-state index contributed by atoms with van der Waals surface area (Å²) in [4.78, 5) is 8.97. The van der Waals surface area contributed by atoms with Crippen molar-refractivity contribution in [3.63, 3.8) is 0 Å². The molecule has 1 aliphatic heterocycles. The van der Waals surface area contributed by atoms with Crippen LogP contribution in [0.15, 0.2) is 53.3 Å². The Morgan fingerprint density at radius 2 is 1.97 bits per heavy atom. The topological polar surface area (TPSA) is 66.0 Å². The zero-order chi connectivity index (χ0) is 20.0. The van der Waals surface area contributed by atoms with Crippen molar-refractivity contribution in [2.75, 3.05) is 0 Å². The van der Waals surface area contributed by atoms with Crippen LogP contribution in [-0.4, -0.2) is 19.7 Å². The number of benzene rings is 2. The highest BCUT2D eigenvalue weighted by molar-refractivity contribution is 5.60. The van der Waals surface area contributed by atoms with Crippen molar-refractivity contribution < 1.29 is 13.7 Å². The van der Waals surface area contributed by atoms with Gasteiger partial charge in [-0.25, -0.2) is 9.37 Å². The number of hydrogen-bond donors (Lipinski definition) is 0. The Morgan fingerprint density at radius 3 is 2.79 bits per heavy atom. The first kappa shape index (κ1) is 17.8. The summed E-state index contributed by atoms with van der Waals surface area (Å²) in [5, 5.41) is 4.11. The lowest BCUT2D eigenvalue weighted by Gasteiger charge is -2.25. The smallest absolute Gasteiger partial charge is 0.278 e. The summed E-state index contributed by atoms with van der Waals surface area (Å²) < 4.78 is 27.5. The quantitative estimate of drug-likeness (QED) is 0.510. The SMILES string of the molecule is Cc1ccc(-c2noc(-c3ncn4c3CO[C@H](c3ccccc3F)C4)n2)cc1C. The Morgan fingerprint density at radius 1 is 1.10 bits per heavy atom. The molecule has 2 aromatic heterocycles. The minimum Gasteiger partial charge on any atom is -0.365 e. The molecule has 29 heavy (non-hydrogen) atoms. The van der Waals surface area contributed by atoms with Crippen LogP contribution in [0, 0.1) is 19.7 Å². The fraction of sp³-hybridized carbons (Fsp3) is 0.227. The fourth-order valence-corrected chi connectivity index (χ4v) is 3.55. The van der Waals surface area contributed by atoms with Gasteiger partial charge in [-0.15, -0.1) is 0 Å². The van der Waals surface area contributed by atoms with Crippen molar-refractivity contribution in [2.24, 2.45) is 0 Å². The summed E-state index contributed by atoms with van der Waals surface area (Å²) in [5.41, 5.74) is 5.26. The number of fused-ring (bicyclic) bond motifs is 1. The van der Waals surface area contributed by atoms with E-state index in [9.17, 15) is 4.39 Å². The number of nitrogens with zero attached hydrogens (tertiary/aromatic N) is 4. The van der Waals surface area contributed by atoms with Crippen LogP contribution in [0.1, 0.15) is 28.5 Å². The Balaban J connectivity index is 1.43. The lowest BCUT2D eigenvalue weighted by atomic mass is 10.1. The number of halogens is 1. The van der Waals surface area contributed by atoms with Crippen LogP contribution >= 0.6 is 0 Å². The first-order valence-electron chi connectivity index (χ1n) is 9.42. The van der Waals surface area contributed by atoms with Gasteiger partial charge in [0.25, 0.3) is 5.89 Å². The summed E-state index contributed by atoms with van der Waals surface area (Å²) in [5.74, 6) is 0.599. The average molecular weight is 390 g/mol. The summed E-state index contributed by atoms with van der Waals surface area (Å²) in [6.45, 7) is 4.87. The van der Waals surface area contributed by atoms with Gasteiger partial charge in [0.1, 0.15) is 11.9 Å². The molecule has 7 heteroatoms. The zero-order valence-electron chi connectivity index (χ0n) is 16.1. The van der Waals surface area contributed by atoms with Crippen LogP contribution in [0.4, 0.5) is 4.39 Å². The molecule has 0 bridgehead atoms. The van der Waals surface area contributed by atoms with Crippen molar-refractivity contribution in [2.45, 2.75) is 33.1 Å². The van der Waals surface area contributed by atoms with Gasteiger partial charge in [0.2, 0.25) is 5.82 Å². The average Bonchev–Trinajstić information content (AvgIpc) is 3.37. The molecule has 0 unspecified atom stereocenters. The predicted molar refractivity (Wildman–Crippen MR) is 104 cm³/mol. The molecule has 6 nitrogen and oxygen atoms in total. The first-order chi connectivity index (χ1) is 14.1. The highest BCUT2D eigenvalue weighted by atomic mass is 19.1. The minimum atomic E-state index is -0.362. The number of hydrogen-bond acceptors (Lipinski definition) is 5. The molecular formula is C22H19FN4O2. The maximum atomic E-state index is 14.1. The molecule has 0 N–H and O–H groups in total. The van der Waals surface area contributed by atoms with E-state index in [0.29, 0.717) is 29.5 Å². The molecule has 146 valence electrons. The number of imidazole rings is 1. The summed E-state index contributed by atoms with van der Waals surface area (Å²) in [6.07, 6.45) is 1.35. The van der Waals surface area contributed by atoms with E-state index in [4.69, 9.17) is 9.26 Å². The van der Waals surface area contributed by atoms with E-state index < -0.39 is 0 Å². The van der Waals surface area contributed by atoms with Crippen LogP contribution < -0.4 is 0 Å². The van der Waals surface area contributed by atoms with E-state index in [0.717, 1.165) is 11.3 Å². The fourth-order valence-electron chi connectivity index (χ4n) is 3.55. The molecule has 0 saturated carbocycles. The van der Waals surface area contributed by atoms with Gasteiger partial charge in [-0.05, 0) is 37.1 Å². The number of ether oxygens (including phenoxy) is 1. The molecule has 2 aromatic carbocycles. The molecular weight excluding hydrogens is 371 g/mol. The van der Waals surface area contributed by atoms with Gasteiger partial charge in [-0.1, -0.05) is 35.5 Å². The van der Waals surface area contributed by atoms with Crippen LogP contribution in [0.5, 0.6) is 0 Å². The Bertz CT molecular complexity index is 1200. The van der Waals surface area contributed by atoms with Crippen molar-refractivity contribution >= 4 is 0 Å². The van der Waals surface area contributed by atoms with Crippen molar-refractivity contribution in [3.8, 4) is 23.0 Å². The molecule has 3 heterocycles. The van der Waals surface area contributed by atoms with Crippen molar-refractivity contribution in [3.05, 3.63) is 77.0 Å². The number of aromatic nitrogens is 4. The monoisotopic (exact) mass is 390 g/mol. The molecule has 1 atom stereocenters. The Kier molecular flexibility index (Phi) is 4.24. The largest absolute Gasteiger partial charge is 0.365 e. The minimum absolute atomic E-state index is 0.267. The third-order valence-electron chi connectivity index (χ3n) is 5.38. The molecule has 0 amide bonds. The van der Waals surface area contributed by atoms with E-state index >= 15 is 0 Å². The molecule has 0 fully saturated rings. The zero-order valence-corrected chi connectivity index (χ0v) is 16.1. The van der Waals surface area contributed by atoms with Crippen molar-refractivity contribution in [1.82, 2.24) is 19.7 Å². The maximum absolute atomic E-state index is 14.1. The van der Waals surface area contributed by atoms with Gasteiger partial charge in [-0.2, -0.15) is 4.98 Å². The normalized spacial score (nSPS) is 16.0. The second-order valence-corrected chi connectivity index (χ2v) is 7.24. The van der Waals surface area contributed by atoms with E-state index in [-0.39, 0.29) is 18.5 Å². The highest BCUT2D eigenvalue weighted by Gasteiger charge is 2.27.